The van der Waals surface area contributed by atoms with Crippen LogP contribution in [0, 0.1) is 0 Å². The number of phenolic OH excluding ortho intramolecular Hbond substituents is 1. The molecule has 0 saturated heterocycles. The van der Waals surface area contributed by atoms with Crippen LogP contribution in [0.3, 0.4) is 0 Å². The zero-order valence-corrected chi connectivity index (χ0v) is 10.3. The van der Waals surface area contributed by atoms with Gasteiger partial charge in [0.25, 0.3) is 0 Å². The van der Waals surface area contributed by atoms with Crippen LogP contribution in [0.1, 0.15) is 6.42 Å². The molecule has 1 amide bonds. The number of phenols is 1. The summed E-state index contributed by atoms with van der Waals surface area (Å²) in [5.74, 6) is -1.96. The zero-order chi connectivity index (χ0) is 13.0. The van der Waals surface area contributed by atoms with Gasteiger partial charge in [-0.25, -0.2) is 0 Å². The van der Waals surface area contributed by atoms with E-state index in [1.165, 1.54) is 6.07 Å². The molecule has 1 aromatic carbocycles. The third-order valence-electron chi connectivity index (χ3n) is 1.98. The fraction of sp³-hybridized carbons (Fsp3) is 0.200. The first-order chi connectivity index (χ1) is 7.91. The highest BCUT2D eigenvalue weighted by atomic mass is 79.9. The van der Waals surface area contributed by atoms with Gasteiger partial charge >= 0.3 is 5.97 Å². The molecule has 7 heteroatoms. The average molecular weight is 303 g/mol. The first-order valence-corrected chi connectivity index (χ1v) is 5.47. The van der Waals surface area contributed by atoms with Gasteiger partial charge in [0.1, 0.15) is 0 Å². The molecular formula is C10H11BrN2O4. The van der Waals surface area contributed by atoms with E-state index in [-0.39, 0.29) is 11.4 Å². The van der Waals surface area contributed by atoms with Gasteiger partial charge in [-0.15, -0.1) is 0 Å². The molecule has 1 atom stereocenters. The molecule has 1 aromatic rings. The monoisotopic (exact) mass is 302 g/mol. The van der Waals surface area contributed by atoms with Crippen molar-refractivity contribution in [2.75, 3.05) is 5.32 Å². The maximum Gasteiger partial charge on any atom is 0.305 e. The molecular weight excluding hydrogens is 292 g/mol. The van der Waals surface area contributed by atoms with Crippen LogP contribution in [-0.4, -0.2) is 28.1 Å². The molecule has 0 heterocycles. The smallest absolute Gasteiger partial charge is 0.305 e. The molecule has 0 aromatic heterocycles. The van der Waals surface area contributed by atoms with Gasteiger partial charge in [0, 0.05) is 0 Å². The number of aliphatic carboxylic acids is 1. The van der Waals surface area contributed by atoms with Crippen molar-refractivity contribution in [3.8, 4) is 5.75 Å². The second-order valence-corrected chi connectivity index (χ2v) is 4.18. The van der Waals surface area contributed by atoms with E-state index in [1.807, 2.05) is 0 Å². The summed E-state index contributed by atoms with van der Waals surface area (Å²) in [4.78, 5) is 21.9. The van der Waals surface area contributed by atoms with Gasteiger partial charge in [-0.1, -0.05) is 6.07 Å². The van der Waals surface area contributed by atoms with Crippen LogP contribution in [0.25, 0.3) is 0 Å². The molecule has 0 fully saturated rings. The first kappa shape index (κ1) is 13.5. The average Bonchev–Trinajstić information content (AvgIpc) is 2.23. The number of carbonyl (C=O) groups excluding carboxylic acids is 1. The molecule has 0 aliphatic rings. The number of nitrogens with one attached hydrogen (secondary N) is 1. The van der Waals surface area contributed by atoms with Gasteiger partial charge < -0.3 is 21.3 Å². The molecule has 0 aliphatic carbocycles. The van der Waals surface area contributed by atoms with Gasteiger partial charge in [0.2, 0.25) is 5.91 Å². The van der Waals surface area contributed by atoms with E-state index in [0.717, 1.165) is 0 Å². The normalized spacial score (nSPS) is 11.9. The Bertz CT molecular complexity index is 450. The molecule has 0 aliphatic heterocycles. The van der Waals surface area contributed by atoms with Crippen molar-refractivity contribution in [2.45, 2.75) is 12.5 Å². The SMILES string of the molecule is NC(CC(=O)O)C(=O)Nc1cccc(Br)c1O. The van der Waals surface area contributed by atoms with Crippen molar-refractivity contribution < 1.29 is 19.8 Å². The van der Waals surface area contributed by atoms with Gasteiger partial charge in [-0.3, -0.25) is 9.59 Å². The second-order valence-electron chi connectivity index (χ2n) is 3.33. The van der Waals surface area contributed by atoms with E-state index in [1.54, 1.807) is 12.1 Å². The Kier molecular flexibility index (Phi) is 4.47. The summed E-state index contributed by atoms with van der Waals surface area (Å²) in [6, 6.07) is 3.53. The topological polar surface area (TPSA) is 113 Å². The number of anilines is 1. The largest absolute Gasteiger partial charge is 0.505 e. The third-order valence-corrected chi connectivity index (χ3v) is 2.62. The molecule has 1 rings (SSSR count). The van der Waals surface area contributed by atoms with Crippen LogP contribution in [0.4, 0.5) is 5.69 Å². The molecule has 0 saturated carbocycles. The highest BCUT2D eigenvalue weighted by Crippen LogP contribution is 2.31. The summed E-state index contributed by atoms with van der Waals surface area (Å²) in [7, 11) is 0. The number of aromatic hydroxyl groups is 1. The number of para-hydroxylation sites is 1. The van der Waals surface area contributed by atoms with Crippen molar-refractivity contribution >= 4 is 33.5 Å². The molecule has 6 nitrogen and oxygen atoms in total. The van der Waals surface area contributed by atoms with Gasteiger partial charge in [0.05, 0.1) is 22.6 Å². The minimum absolute atomic E-state index is 0.136. The molecule has 0 bridgehead atoms. The third kappa shape index (κ3) is 3.72. The summed E-state index contributed by atoms with van der Waals surface area (Å²) < 4.78 is 0.419. The fourth-order valence-electron chi connectivity index (χ4n) is 1.12. The van der Waals surface area contributed by atoms with Crippen molar-refractivity contribution in [1.29, 1.82) is 0 Å². The quantitative estimate of drug-likeness (QED) is 0.617. The number of rotatable bonds is 4. The lowest BCUT2D eigenvalue weighted by atomic mass is 10.2. The molecule has 1 unspecified atom stereocenters. The number of benzene rings is 1. The summed E-state index contributed by atoms with van der Waals surface area (Å²) in [6.07, 6.45) is -0.472. The van der Waals surface area contributed by atoms with Gasteiger partial charge in [-0.2, -0.15) is 0 Å². The number of nitrogens with two attached hydrogens (primary N) is 1. The Labute approximate surface area is 106 Å². The number of hydrogen-bond donors (Lipinski definition) is 4. The minimum atomic E-state index is -1.16. The van der Waals surface area contributed by atoms with Gasteiger partial charge in [0.15, 0.2) is 5.75 Å². The fourth-order valence-corrected chi connectivity index (χ4v) is 1.49. The number of amides is 1. The molecule has 92 valence electrons. The van der Waals surface area contributed by atoms with Crippen molar-refractivity contribution in [1.82, 2.24) is 0 Å². The maximum absolute atomic E-state index is 11.5. The molecule has 0 spiro atoms. The van der Waals surface area contributed by atoms with E-state index in [4.69, 9.17) is 10.8 Å². The second kappa shape index (κ2) is 5.65. The van der Waals surface area contributed by atoms with Crippen molar-refractivity contribution in [3.63, 3.8) is 0 Å². The lowest BCUT2D eigenvalue weighted by Gasteiger charge is -2.11. The Morgan fingerprint density at radius 3 is 2.71 bits per heavy atom. The predicted octanol–water partition coefficient (Wildman–Crippen LogP) is 0.895. The molecule has 5 N–H and O–H groups in total. The number of halogens is 1. The van der Waals surface area contributed by atoms with E-state index in [2.05, 4.69) is 21.2 Å². The predicted molar refractivity (Wildman–Crippen MR) is 64.7 cm³/mol. The first-order valence-electron chi connectivity index (χ1n) is 4.67. The number of hydrogen-bond acceptors (Lipinski definition) is 4. The number of carbonyl (C=O) groups is 2. The highest BCUT2D eigenvalue weighted by molar-refractivity contribution is 9.10. The maximum atomic E-state index is 11.5. The number of carboxylic acid groups (broad SMARTS) is 1. The van der Waals surface area contributed by atoms with E-state index in [0.29, 0.717) is 4.47 Å². The summed E-state index contributed by atoms with van der Waals surface area (Å²) in [6.45, 7) is 0. The summed E-state index contributed by atoms with van der Waals surface area (Å²) in [5, 5.41) is 20.4. The van der Waals surface area contributed by atoms with Crippen LogP contribution in [-0.2, 0) is 9.59 Å². The Morgan fingerprint density at radius 2 is 2.12 bits per heavy atom. The zero-order valence-electron chi connectivity index (χ0n) is 8.68. The van der Waals surface area contributed by atoms with Crippen LogP contribution in [0.5, 0.6) is 5.75 Å². The lowest BCUT2D eigenvalue weighted by Crippen LogP contribution is -2.37. The van der Waals surface area contributed by atoms with Crippen LogP contribution < -0.4 is 11.1 Å². The summed E-state index contributed by atoms with van der Waals surface area (Å²) >= 11 is 3.09. The summed E-state index contributed by atoms with van der Waals surface area (Å²) in [5.41, 5.74) is 5.54. The Morgan fingerprint density at radius 1 is 1.47 bits per heavy atom. The molecule has 0 radical (unpaired) electrons. The van der Waals surface area contributed by atoms with E-state index in [9.17, 15) is 14.7 Å². The van der Waals surface area contributed by atoms with Crippen LogP contribution >= 0.6 is 15.9 Å². The molecule has 17 heavy (non-hydrogen) atoms. The van der Waals surface area contributed by atoms with Crippen molar-refractivity contribution in [2.24, 2.45) is 5.73 Å². The van der Waals surface area contributed by atoms with Gasteiger partial charge in [-0.05, 0) is 28.1 Å². The minimum Gasteiger partial charge on any atom is -0.505 e. The van der Waals surface area contributed by atoms with Crippen LogP contribution in [0.15, 0.2) is 22.7 Å². The lowest BCUT2D eigenvalue weighted by molar-refractivity contribution is -0.138. The highest BCUT2D eigenvalue weighted by Gasteiger charge is 2.18. The Hall–Kier alpha value is -1.60. The number of carboxylic acids is 1. The Balaban J connectivity index is 2.74. The van der Waals surface area contributed by atoms with E-state index >= 15 is 0 Å². The van der Waals surface area contributed by atoms with Crippen LogP contribution in [0.2, 0.25) is 0 Å². The van der Waals surface area contributed by atoms with E-state index < -0.39 is 24.3 Å². The standard InChI is InChI=1S/C10H11BrN2O4/c11-5-2-1-3-7(9(5)16)13-10(17)6(12)4-8(14)15/h1-3,6,16H,4,12H2,(H,13,17)(H,14,15). The van der Waals surface area contributed by atoms with Crippen molar-refractivity contribution in [3.05, 3.63) is 22.7 Å².